The lowest BCUT2D eigenvalue weighted by Gasteiger charge is -2.33. The molecule has 3 N–H and O–H groups in total. The number of carbonyl (C=O) groups excluding carboxylic acids is 1. The maximum atomic E-state index is 12.7. The topological polar surface area (TPSA) is 91.8 Å². The zero-order chi connectivity index (χ0) is 15.2. The van der Waals surface area contributed by atoms with Gasteiger partial charge >= 0.3 is 0 Å². The van der Waals surface area contributed by atoms with Gasteiger partial charge in [0.25, 0.3) is 0 Å². The van der Waals surface area contributed by atoms with Crippen LogP contribution in [0.15, 0.2) is 29.6 Å². The molecule has 1 aromatic rings. The molecule has 1 rings (SSSR count). The molecule has 110 valence electrons. The molecule has 0 spiro atoms. The summed E-state index contributed by atoms with van der Waals surface area (Å²) in [5, 5.41) is 12.0. The first-order valence-electron chi connectivity index (χ1n) is 6.65. The summed E-state index contributed by atoms with van der Waals surface area (Å²) in [6.07, 6.45) is 2.64. The first-order valence-corrected chi connectivity index (χ1v) is 6.65. The highest BCUT2D eigenvalue weighted by molar-refractivity contribution is 6.06. The number of amides is 1. The van der Waals surface area contributed by atoms with Crippen LogP contribution in [0.1, 0.15) is 32.4 Å². The number of rotatable bonds is 6. The molecule has 0 radical (unpaired) electrons. The summed E-state index contributed by atoms with van der Waals surface area (Å²) < 4.78 is 0. The molecule has 1 aromatic heterocycles. The molecule has 0 saturated carbocycles. The van der Waals surface area contributed by atoms with Gasteiger partial charge in [-0.05, 0) is 25.0 Å². The smallest absolute Gasteiger partial charge is 0.236 e. The Labute approximate surface area is 119 Å². The van der Waals surface area contributed by atoms with Crippen molar-refractivity contribution >= 4 is 11.7 Å². The van der Waals surface area contributed by atoms with E-state index in [1.165, 1.54) is 0 Å². The Bertz CT molecular complexity index is 469. The Morgan fingerprint density at radius 3 is 2.55 bits per heavy atom. The van der Waals surface area contributed by atoms with Crippen LogP contribution in [-0.4, -0.2) is 33.9 Å². The molecule has 0 aliphatic rings. The van der Waals surface area contributed by atoms with Gasteiger partial charge in [0, 0.05) is 13.2 Å². The Hall–Kier alpha value is -2.11. The summed E-state index contributed by atoms with van der Waals surface area (Å²) in [7, 11) is 1.70. The van der Waals surface area contributed by atoms with Gasteiger partial charge in [0.05, 0.1) is 12.2 Å². The minimum absolute atomic E-state index is 0.0413. The van der Waals surface area contributed by atoms with Gasteiger partial charge in [-0.15, -0.1) is 0 Å². The average Bonchev–Trinajstić information content (AvgIpc) is 2.49. The van der Waals surface area contributed by atoms with Crippen LogP contribution in [0.2, 0.25) is 0 Å². The van der Waals surface area contributed by atoms with Crippen molar-refractivity contribution in [3.05, 3.63) is 30.1 Å². The Morgan fingerprint density at radius 2 is 2.10 bits per heavy atom. The quantitative estimate of drug-likeness (QED) is 0.358. The molecule has 0 fully saturated rings. The third-order valence-electron chi connectivity index (χ3n) is 3.69. The van der Waals surface area contributed by atoms with Gasteiger partial charge in [-0.1, -0.05) is 25.1 Å². The largest absolute Gasteiger partial charge is 0.409 e. The molecule has 1 amide bonds. The molecule has 6 heteroatoms. The van der Waals surface area contributed by atoms with E-state index in [4.69, 9.17) is 10.9 Å². The van der Waals surface area contributed by atoms with E-state index < -0.39 is 5.41 Å². The van der Waals surface area contributed by atoms with E-state index >= 15 is 0 Å². The number of hydrogen-bond acceptors (Lipinski definition) is 4. The fourth-order valence-electron chi connectivity index (χ4n) is 2.29. The van der Waals surface area contributed by atoms with Crippen molar-refractivity contribution in [3.63, 3.8) is 0 Å². The highest BCUT2D eigenvalue weighted by Gasteiger charge is 2.41. The average molecular weight is 278 g/mol. The summed E-state index contributed by atoms with van der Waals surface area (Å²) in [4.78, 5) is 18.4. The van der Waals surface area contributed by atoms with Gasteiger partial charge in [-0.25, -0.2) is 0 Å². The summed E-state index contributed by atoms with van der Waals surface area (Å²) >= 11 is 0. The van der Waals surface area contributed by atoms with Crippen molar-refractivity contribution in [1.29, 1.82) is 0 Å². The molecule has 0 aliphatic heterocycles. The van der Waals surface area contributed by atoms with E-state index in [2.05, 4.69) is 10.1 Å². The number of carbonyl (C=O) groups is 1. The van der Waals surface area contributed by atoms with Crippen LogP contribution in [0.4, 0.5) is 0 Å². The zero-order valence-corrected chi connectivity index (χ0v) is 12.2. The predicted octanol–water partition coefficient (Wildman–Crippen LogP) is 1.59. The van der Waals surface area contributed by atoms with Crippen LogP contribution in [-0.2, 0) is 11.3 Å². The Balaban J connectivity index is 2.96. The van der Waals surface area contributed by atoms with Gasteiger partial charge in [-0.3, -0.25) is 9.78 Å². The number of nitrogens with two attached hydrogens (primary N) is 1. The van der Waals surface area contributed by atoms with Gasteiger partial charge < -0.3 is 15.8 Å². The van der Waals surface area contributed by atoms with Crippen LogP contribution in [0.25, 0.3) is 0 Å². The second-order valence-corrected chi connectivity index (χ2v) is 4.76. The highest BCUT2D eigenvalue weighted by atomic mass is 16.4. The highest BCUT2D eigenvalue weighted by Crippen LogP contribution is 2.29. The third-order valence-corrected chi connectivity index (χ3v) is 3.69. The first kappa shape index (κ1) is 15.9. The number of aromatic nitrogens is 1. The number of nitrogens with zero attached hydrogens (tertiary/aromatic N) is 3. The van der Waals surface area contributed by atoms with Crippen LogP contribution in [0.3, 0.4) is 0 Å². The SMILES string of the molecule is CCC(CC)(C(=O)N(C)Cc1ccccn1)C(N)=NO. The van der Waals surface area contributed by atoms with E-state index in [-0.39, 0.29) is 11.7 Å². The lowest BCUT2D eigenvalue weighted by Crippen LogP contribution is -2.49. The molecule has 20 heavy (non-hydrogen) atoms. The van der Waals surface area contributed by atoms with E-state index in [9.17, 15) is 4.79 Å². The minimum atomic E-state index is -0.960. The molecule has 0 saturated heterocycles. The van der Waals surface area contributed by atoms with Gasteiger partial charge in [0.2, 0.25) is 5.91 Å². The van der Waals surface area contributed by atoms with Crippen molar-refractivity contribution in [2.45, 2.75) is 33.2 Å². The standard InChI is InChI=1S/C14H22N4O2/c1-4-14(5-2,12(15)17-20)13(19)18(3)10-11-8-6-7-9-16-11/h6-9,20H,4-5,10H2,1-3H3,(H2,15,17). The predicted molar refractivity (Wildman–Crippen MR) is 77.1 cm³/mol. The fraction of sp³-hybridized carbons (Fsp3) is 0.500. The van der Waals surface area contributed by atoms with Crippen molar-refractivity contribution in [3.8, 4) is 0 Å². The summed E-state index contributed by atoms with van der Waals surface area (Å²) in [5.74, 6) is -0.205. The summed E-state index contributed by atoms with van der Waals surface area (Å²) in [6.45, 7) is 4.10. The number of oxime groups is 1. The lowest BCUT2D eigenvalue weighted by atomic mass is 9.79. The van der Waals surface area contributed by atoms with Crippen LogP contribution in [0, 0.1) is 5.41 Å². The van der Waals surface area contributed by atoms with E-state index in [1.807, 2.05) is 32.0 Å². The van der Waals surface area contributed by atoms with E-state index in [0.717, 1.165) is 5.69 Å². The Kier molecular flexibility index (Phi) is 5.49. The molecule has 0 atom stereocenters. The molecular weight excluding hydrogens is 256 g/mol. The molecular formula is C14H22N4O2. The zero-order valence-electron chi connectivity index (χ0n) is 12.2. The second-order valence-electron chi connectivity index (χ2n) is 4.76. The lowest BCUT2D eigenvalue weighted by molar-refractivity contribution is -0.138. The second kappa shape index (κ2) is 6.88. The normalized spacial score (nSPS) is 12.2. The van der Waals surface area contributed by atoms with Gasteiger partial charge in [0.1, 0.15) is 5.41 Å². The maximum Gasteiger partial charge on any atom is 0.236 e. The van der Waals surface area contributed by atoms with Crippen LogP contribution >= 0.6 is 0 Å². The number of pyridine rings is 1. The molecule has 0 unspecified atom stereocenters. The van der Waals surface area contributed by atoms with Crippen LogP contribution in [0.5, 0.6) is 0 Å². The maximum absolute atomic E-state index is 12.7. The van der Waals surface area contributed by atoms with Crippen molar-refractivity contribution < 1.29 is 10.0 Å². The first-order chi connectivity index (χ1) is 9.51. The number of hydrogen-bond donors (Lipinski definition) is 2. The molecule has 1 heterocycles. The van der Waals surface area contributed by atoms with Gasteiger partial charge in [0.15, 0.2) is 5.84 Å². The Morgan fingerprint density at radius 1 is 1.45 bits per heavy atom. The molecule has 0 aromatic carbocycles. The third kappa shape index (κ3) is 3.07. The van der Waals surface area contributed by atoms with Crippen molar-refractivity contribution in [1.82, 2.24) is 9.88 Å². The fourth-order valence-corrected chi connectivity index (χ4v) is 2.29. The summed E-state index contributed by atoms with van der Waals surface area (Å²) in [6, 6.07) is 5.55. The summed E-state index contributed by atoms with van der Waals surface area (Å²) in [5.41, 5.74) is 5.58. The van der Waals surface area contributed by atoms with E-state index in [0.29, 0.717) is 19.4 Å². The van der Waals surface area contributed by atoms with E-state index in [1.54, 1.807) is 18.1 Å². The minimum Gasteiger partial charge on any atom is -0.409 e. The molecule has 0 bridgehead atoms. The molecule has 6 nitrogen and oxygen atoms in total. The van der Waals surface area contributed by atoms with Crippen molar-refractivity contribution in [2.24, 2.45) is 16.3 Å². The van der Waals surface area contributed by atoms with Crippen LogP contribution < -0.4 is 5.73 Å². The van der Waals surface area contributed by atoms with Gasteiger partial charge in [-0.2, -0.15) is 0 Å². The monoisotopic (exact) mass is 278 g/mol. The number of amidine groups is 1. The molecule has 0 aliphatic carbocycles. The van der Waals surface area contributed by atoms with Crippen molar-refractivity contribution in [2.75, 3.05) is 7.05 Å².